The van der Waals surface area contributed by atoms with Crippen LogP contribution < -0.4 is 4.74 Å². The zero-order valence-corrected chi connectivity index (χ0v) is 15.4. The van der Waals surface area contributed by atoms with E-state index in [9.17, 15) is 0 Å². The molecule has 1 aromatic heterocycles. The maximum atomic E-state index is 8.95. The Balaban J connectivity index is 1.88. The van der Waals surface area contributed by atoms with E-state index in [1.165, 1.54) is 0 Å². The zero-order chi connectivity index (χ0) is 18.6. The van der Waals surface area contributed by atoms with E-state index in [0.717, 1.165) is 33.9 Å². The Bertz CT molecular complexity index is 1040. The number of para-hydroxylation sites is 1. The minimum absolute atomic E-state index is 0.116. The average molecular weight is 379 g/mol. The van der Waals surface area contributed by atoms with Crippen molar-refractivity contribution in [1.82, 2.24) is 9.55 Å². The topological polar surface area (TPSA) is 47.3 Å². The highest BCUT2D eigenvalue weighted by molar-refractivity contribution is 6.30. The summed E-state index contributed by atoms with van der Waals surface area (Å²) in [5.74, 6) is 1.61. The molecule has 4 aromatic rings. The Labute approximate surface area is 162 Å². The summed E-state index contributed by atoms with van der Waals surface area (Å²) >= 11 is 6.05. The van der Waals surface area contributed by atoms with Gasteiger partial charge in [-0.2, -0.15) is 0 Å². The van der Waals surface area contributed by atoms with Gasteiger partial charge in [0.15, 0.2) is 0 Å². The van der Waals surface area contributed by atoms with E-state index in [1.807, 2.05) is 60.7 Å². The lowest BCUT2D eigenvalue weighted by molar-refractivity contribution is 0.233. The van der Waals surface area contributed by atoms with Crippen LogP contribution in [0.1, 0.15) is 6.42 Å². The molecule has 0 amide bonds. The molecule has 0 aliphatic carbocycles. The van der Waals surface area contributed by atoms with Gasteiger partial charge in [0.05, 0.1) is 17.6 Å². The van der Waals surface area contributed by atoms with E-state index in [4.69, 9.17) is 26.4 Å². The van der Waals surface area contributed by atoms with Crippen LogP contribution in [-0.2, 0) is 0 Å². The summed E-state index contributed by atoms with van der Waals surface area (Å²) in [7, 11) is 0. The molecular weight excluding hydrogens is 360 g/mol. The third-order valence-corrected chi connectivity index (χ3v) is 4.57. The molecule has 4 rings (SSSR count). The Morgan fingerprint density at radius 1 is 0.963 bits per heavy atom. The molecular formula is C22H19ClN2O2. The Hall–Kier alpha value is -2.82. The SMILES string of the molecule is OCCCOc1ccc2nc(-c3ccc(Cl)cc3)n(-c3ccccc3)c2c1. The molecule has 0 saturated heterocycles. The number of ether oxygens (including phenoxy) is 1. The number of fused-ring (bicyclic) bond motifs is 1. The van der Waals surface area contributed by atoms with Crippen LogP contribution in [0, 0.1) is 0 Å². The Kier molecular flexibility index (Phi) is 5.10. The predicted molar refractivity (Wildman–Crippen MR) is 109 cm³/mol. The summed E-state index contributed by atoms with van der Waals surface area (Å²) in [6.07, 6.45) is 0.603. The van der Waals surface area contributed by atoms with E-state index >= 15 is 0 Å². The molecule has 0 radical (unpaired) electrons. The monoisotopic (exact) mass is 378 g/mol. The fourth-order valence-electron chi connectivity index (χ4n) is 3.03. The van der Waals surface area contributed by atoms with E-state index < -0.39 is 0 Å². The minimum atomic E-state index is 0.116. The van der Waals surface area contributed by atoms with E-state index in [-0.39, 0.29) is 6.61 Å². The van der Waals surface area contributed by atoms with Gasteiger partial charge in [-0.25, -0.2) is 4.98 Å². The van der Waals surface area contributed by atoms with Gasteiger partial charge >= 0.3 is 0 Å². The van der Waals surface area contributed by atoms with Crippen LogP contribution in [0.5, 0.6) is 5.75 Å². The smallest absolute Gasteiger partial charge is 0.145 e. The number of aliphatic hydroxyl groups is 1. The van der Waals surface area contributed by atoms with E-state index in [2.05, 4.69) is 16.7 Å². The number of halogens is 1. The largest absolute Gasteiger partial charge is 0.493 e. The van der Waals surface area contributed by atoms with Crippen LogP contribution in [0.2, 0.25) is 5.02 Å². The fraction of sp³-hybridized carbons (Fsp3) is 0.136. The first kappa shape index (κ1) is 17.6. The number of nitrogens with zero attached hydrogens (tertiary/aromatic N) is 2. The molecule has 0 aliphatic heterocycles. The second-order valence-corrected chi connectivity index (χ2v) is 6.63. The van der Waals surface area contributed by atoms with Crippen LogP contribution in [0.4, 0.5) is 0 Å². The molecule has 0 unspecified atom stereocenters. The van der Waals surface area contributed by atoms with Crippen LogP contribution in [0.15, 0.2) is 72.8 Å². The van der Waals surface area contributed by atoms with Gasteiger partial charge in [0, 0.05) is 35.4 Å². The Morgan fingerprint density at radius 2 is 1.74 bits per heavy atom. The maximum Gasteiger partial charge on any atom is 0.145 e. The lowest BCUT2D eigenvalue weighted by Crippen LogP contribution is -2.00. The molecule has 136 valence electrons. The van der Waals surface area contributed by atoms with Gasteiger partial charge in [-0.3, -0.25) is 4.57 Å². The molecule has 0 spiro atoms. The first-order valence-corrected chi connectivity index (χ1v) is 9.21. The normalized spacial score (nSPS) is 11.0. The molecule has 3 aromatic carbocycles. The van der Waals surface area contributed by atoms with Gasteiger partial charge in [0.25, 0.3) is 0 Å². The van der Waals surface area contributed by atoms with Crippen molar-refractivity contribution in [2.45, 2.75) is 6.42 Å². The highest BCUT2D eigenvalue weighted by Gasteiger charge is 2.15. The molecule has 0 bridgehead atoms. The van der Waals surface area contributed by atoms with Crippen LogP contribution in [0.3, 0.4) is 0 Å². The summed E-state index contributed by atoms with van der Waals surface area (Å²) < 4.78 is 7.88. The standard InChI is InChI=1S/C22H19ClN2O2/c23-17-9-7-16(8-10-17)22-24-20-12-11-19(27-14-4-13-26)15-21(20)25(22)18-5-2-1-3-6-18/h1-3,5-12,15,26H,4,13-14H2. The van der Waals surface area contributed by atoms with E-state index in [1.54, 1.807) is 0 Å². The number of hydrogen-bond donors (Lipinski definition) is 1. The van der Waals surface area contributed by atoms with Crippen molar-refractivity contribution in [2.75, 3.05) is 13.2 Å². The third kappa shape index (κ3) is 3.68. The van der Waals surface area contributed by atoms with Gasteiger partial charge in [-0.15, -0.1) is 0 Å². The maximum absolute atomic E-state index is 8.95. The molecule has 0 atom stereocenters. The first-order chi connectivity index (χ1) is 13.3. The third-order valence-electron chi connectivity index (χ3n) is 4.31. The average Bonchev–Trinajstić information content (AvgIpc) is 3.08. The summed E-state index contributed by atoms with van der Waals surface area (Å²) in [6, 6.07) is 23.7. The van der Waals surface area contributed by atoms with Crippen molar-refractivity contribution in [3.8, 4) is 22.8 Å². The number of aliphatic hydroxyl groups excluding tert-OH is 1. The second-order valence-electron chi connectivity index (χ2n) is 6.19. The number of benzene rings is 3. The number of hydrogen-bond acceptors (Lipinski definition) is 3. The number of rotatable bonds is 6. The van der Waals surface area contributed by atoms with Crippen molar-refractivity contribution in [1.29, 1.82) is 0 Å². The molecule has 5 heteroatoms. The summed E-state index contributed by atoms with van der Waals surface area (Å²) in [4.78, 5) is 4.85. The van der Waals surface area contributed by atoms with Gasteiger partial charge in [-0.05, 0) is 48.5 Å². The molecule has 1 N–H and O–H groups in total. The molecule has 0 saturated carbocycles. The molecule has 0 aliphatic rings. The van der Waals surface area contributed by atoms with Gasteiger partial charge < -0.3 is 9.84 Å². The van der Waals surface area contributed by atoms with Crippen molar-refractivity contribution in [3.63, 3.8) is 0 Å². The molecule has 0 fully saturated rings. The van der Waals surface area contributed by atoms with Crippen molar-refractivity contribution in [3.05, 3.63) is 77.8 Å². The summed E-state index contributed by atoms with van der Waals surface area (Å²) in [5.41, 5.74) is 3.87. The van der Waals surface area contributed by atoms with Crippen molar-refractivity contribution in [2.24, 2.45) is 0 Å². The van der Waals surface area contributed by atoms with Crippen LogP contribution >= 0.6 is 11.6 Å². The predicted octanol–water partition coefficient (Wildman–Crippen LogP) is 5.11. The van der Waals surface area contributed by atoms with Crippen molar-refractivity contribution < 1.29 is 9.84 Å². The quantitative estimate of drug-likeness (QED) is 0.474. The van der Waals surface area contributed by atoms with Gasteiger partial charge in [-0.1, -0.05) is 29.8 Å². The second kappa shape index (κ2) is 7.82. The minimum Gasteiger partial charge on any atom is -0.493 e. The van der Waals surface area contributed by atoms with Crippen LogP contribution in [-0.4, -0.2) is 27.9 Å². The highest BCUT2D eigenvalue weighted by atomic mass is 35.5. The van der Waals surface area contributed by atoms with Gasteiger partial charge in [0.1, 0.15) is 11.6 Å². The summed E-state index contributed by atoms with van der Waals surface area (Å²) in [5, 5.41) is 9.65. The van der Waals surface area contributed by atoms with Crippen molar-refractivity contribution >= 4 is 22.6 Å². The Morgan fingerprint density at radius 3 is 2.48 bits per heavy atom. The highest BCUT2D eigenvalue weighted by Crippen LogP contribution is 2.31. The first-order valence-electron chi connectivity index (χ1n) is 8.84. The summed E-state index contributed by atoms with van der Waals surface area (Å²) in [6.45, 7) is 0.594. The molecule has 4 nitrogen and oxygen atoms in total. The molecule has 1 heterocycles. The fourth-order valence-corrected chi connectivity index (χ4v) is 3.16. The lowest BCUT2D eigenvalue weighted by atomic mass is 10.2. The van der Waals surface area contributed by atoms with Gasteiger partial charge in [0.2, 0.25) is 0 Å². The molecule has 27 heavy (non-hydrogen) atoms. The van der Waals surface area contributed by atoms with E-state index in [0.29, 0.717) is 18.1 Å². The lowest BCUT2D eigenvalue weighted by Gasteiger charge is -2.10. The number of aromatic nitrogens is 2. The van der Waals surface area contributed by atoms with Crippen LogP contribution in [0.25, 0.3) is 28.1 Å². The number of imidazole rings is 1. The zero-order valence-electron chi connectivity index (χ0n) is 14.7.